The predicted molar refractivity (Wildman–Crippen MR) is 74.9 cm³/mol. The zero-order valence-corrected chi connectivity index (χ0v) is 11.4. The van der Waals surface area contributed by atoms with Crippen LogP contribution in [0.3, 0.4) is 0 Å². The van der Waals surface area contributed by atoms with Crippen molar-refractivity contribution >= 4 is 12.0 Å². The lowest BCUT2D eigenvalue weighted by Crippen LogP contribution is -2.24. The molecule has 2 rings (SSSR count). The van der Waals surface area contributed by atoms with E-state index in [9.17, 15) is 4.79 Å². The summed E-state index contributed by atoms with van der Waals surface area (Å²) in [5, 5.41) is 6.46. The monoisotopic (exact) mass is 272 g/mol. The van der Waals surface area contributed by atoms with E-state index in [2.05, 4.69) is 15.2 Å². The Kier molecular flexibility index (Phi) is 4.49. The number of benzene rings is 1. The van der Waals surface area contributed by atoms with Gasteiger partial charge in [-0.15, -0.1) is 0 Å². The van der Waals surface area contributed by atoms with E-state index in [4.69, 9.17) is 4.74 Å². The van der Waals surface area contributed by atoms with Crippen LogP contribution in [0.1, 0.15) is 11.4 Å². The quantitative estimate of drug-likeness (QED) is 0.837. The number of likely N-dealkylation sites (N-methyl/N-ethyl adjacent to an activating group) is 1. The first-order valence-corrected chi connectivity index (χ1v) is 6.10. The number of H-pyrrole nitrogens is 1. The van der Waals surface area contributed by atoms with E-state index in [1.54, 1.807) is 25.1 Å². The molecule has 2 aromatic rings. The average molecular weight is 272 g/mol. The second-order valence-electron chi connectivity index (χ2n) is 4.24. The maximum absolute atomic E-state index is 11.9. The smallest absolute Gasteiger partial charge is 0.246 e. The first kappa shape index (κ1) is 13.8. The molecule has 0 saturated heterocycles. The lowest BCUT2D eigenvalue weighted by molar-refractivity contribution is -0.125. The molecule has 0 fully saturated rings. The van der Waals surface area contributed by atoms with Crippen molar-refractivity contribution in [3.05, 3.63) is 48.1 Å². The van der Waals surface area contributed by atoms with Crippen LogP contribution in [0.4, 0.5) is 0 Å². The lowest BCUT2D eigenvalue weighted by Gasteiger charge is -2.12. The maximum atomic E-state index is 11.9. The standard InChI is InChI=1S/C14H16N4O2/c1-18(9-13-15-10-16-17-13)14(19)7-6-11-4-3-5-12(8-11)20-2/h3-8,10H,9H2,1-2H3,(H,15,16,17). The van der Waals surface area contributed by atoms with Crippen molar-refractivity contribution in [3.8, 4) is 5.75 Å². The molecule has 1 heterocycles. The number of nitrogens with zero attached hydrogens (tertiary/aromatic N) is 3. The van der Waals surface area contributed by atoms with Crippen LogP contribution in [-0.4, -0.2) is 40.1 Å². The first-order chi connectivity index (χ1) is 9.69. The molecule has 0 radical (unpaired) electrons. The molecule has 0 atom stereocenters. The van der Waals surface area contributed by atoms with Crippen molar-refractivity contribution in [2.75, 3.05) is 14.2 Å². The molecule has 104 valence electrons. The molecule has 0 aliphatic rings. The third kappa shape index (κ3) is 3.68. The van der Waals surface area contributed by atoms with E-state index in [1.165, 1.54) is 12.4 Å². The highest BCUT2D eigenvalue weighted by Crippen LogP contribution is 2.13. The summed E-state index contributed by atoms with van der Waals surface area (Å²) in [4.78, 5) is 17.5. The van der Waals surface area contributed by atoms with Crippen LogP contribution in [0.5, 0.6) is 5.75 Å². The van der Waals surface area contributed by atoms with Crippen LogP contribution < -0.4 is 4.74 Å². The summed E-state index contributed by atoms with van der Waals surface area (Å²) >= 11 is 0. The van der Waals surface area contributed by atoms with Gasteiger partial charge in [-0.1, -0.05) is 12.1 Å². The lowest BCUT2D eigenvalue weighted by atomic mass is 10.2. The Balaban J connectivity index is 1.97. The van der Waals surface area contributed by atoms with Gasteiger partial charge in [0, 0.05) is 13.1 Å². The normalized spacial score (nSPS) is 10.7. The van der Waals surface area contributed by atoms with Crippen molar-refractivity contribution in [3.63, 3.8) is 0 Å². The molecule has 1 aromatic heterocycles. The van der Waals surface area contributed by atoms with Gasteiger partial charge < -0.3 is 9.64 Å². The fourth-order valence-corrected chi connectivity index (χ4v) is 1.65. The summed E-state index contributed by atoms with van der Waals surface area (Å²) in [6.07, 6.45) is 4.69. The largest absolute Gasteiger partial charge is 0.497 e. The van der Waals surface area contributed by atoms with Gasteiger partial charge in [-0.3, -0.25) is 9.89 Å². The Morgan fingerprint density at radius 1 is 1.50 bits per heavy atom. The van der Waals surface area contributed by atoms with E-state index < -0.39 is 0 Å². The minimum atomic E-state index is -0.107. The highest BCUT2D eigenvalue weighted by atomic mass is 16.5. The number of hydrogen-bond acceptors (Lipinski definition) is 4. The molecule has 20 heavy (non-hydrogen) atoms. The van der Waals surface area contributed by atoms with Gasteiger partial charge in [0.1, 0.15) is 17.9 Å². The number of rotatable bonds is 5. The van der Waals surface area contributed by atoms with Gasteiger partial charge in [-0.25, -0.2) is 4.98 Å². The number of carbonyl (C=O) groups excluding carboxylic acids is 1. The number of nitrogens with one attached hydrogen (secondary N) is 1. The maximum Gasteiger partial charge on any atom is 0.246 e. The minimum absolute atomic E-state index is 0.107. The Morgan fingerprint density at radius 2 is 2.35 bits per heavy atom. The molecular formula is C14H16N4O2. The van der Waals surface area contributed by atoms with E-state index in [0.29, 0.717) is 12.4 Å². The molecule has 0 saturated carbocycles. The summed E-state index contributed by atoms with van der Waals surface area (Å²) in [7, 11) is 3.32. The molecule has 0 aliphatic heterocycles. The highest BCUT2D eigenvalue weighted by Gasteiger charge is 2.07. The predicted octanol–water partition coefficient (Wildman–Crippen LogP) is 1.49. The molecular weight excluding hydrogens is 256 g/mol. The summed E-state index contributed by atoms with van der Waals surface area (Å²) < 4.78 is 5.13. The first-order valence-electron chi connectivity index (χ1n) is 6.10. The summed E-state index contributed by atoms with van der Waals surface area (Å²) in [5.41, 5.74) is 0.908. The number of carbonyl (C=O) groups is 1. The molecule has 6 heteroatoms. The van der Waals surface area contributed by atoms with Gasteiger partial charge in [0.05, 0.1) is 13.7 Å². The molecule has 0 spiro atoms. The van der Waals surface area contributed by atoms with Crippen molar-refractivity contribution in [2.45, 2.75) is 6.54 Å². The van der Waals surface area contributed by atoms with E-state index >= 15 is 0 Å². The number of ether oxygens (including phenoxy) is 1. The Labute approximate surface area is 117 Å². The van der Waals surface area contributed by atoms with Crippen molar-refractivity contribution < 1.29 is 9.53 Å². The van der Waals surface area contributed by atoms with Gasteiger partial charge >= 0.3 is 0 Å². The zero-order chi connectivity index (χ0) is 14.4. The van der Waals surface area contributed by atoms with Gasteiger partial charge in [-0.2, -0.15) is 5.10 Å². The molecule has 0 bridgehead atoms. The Hall–Kier alpha value is -2.63. The van der Waals surface area contributed by atoms with Crippen LogP contribution in [0.2, 0.25) is 0 Å². The van der Waals surface area contributed by atoms with Crippen molar-refractivity contribution in [2.24, 2.45) is 0 Å². The average Bonchev–Trinajstić information content (AvgIpc) is 2.97. The van der Waals surface area contributed by atoms with Crippen molar-refractivity contribution in [1.82, 2.24) is 20.1 Å². The minimum Gasteiger partial charge on any atom is -0.497 e. The van der Waals surface area contributed by atoms with Crippen LogP contribution >= 0.6 is 0 Å². The molecule has 1 N–H and O–H groups in total. The van der Waals surface area contributed by atoms with Crippen molar-refractivity contribution in [1.29, 1.82) is 0 Å². The topological polar surface area (TPSA) is 71.1 Å². The number of aromatic amines is 1. The van der Waals surface area contributed by atoms with Gasteiger partial charge in [0.15, 0.2) is 0 Å². The number of aromatic nitrogens is 3. The highest BCUT2D eigenvalue weighted by molar-refractivity contribution is 5.91. The summed E-state index contributed by atoms with van der Waals surface area (Å²) in [5.74, 6) is 1.30. The van der Waals surface area contributed by atoms with E-state index in [0.717, 1.165) is 11.3 Å². The molecule has 1 aromatic carbocycles. The molecule has 0 aliphatic carbocycles. The number of amides is 1. The number of methoxy groups -OCH3 is 1. The third-order valence-corrected chi connectivity index (χ3v) is 2.74. The molecule has 1 amide bonds. The summed E-state index contributed by atoms with van der Waals surface area (Å²) in [6.45, 7) is 0.390. The van der Waals surface area contributed by atoms with E-state index in [1.807, 2.05) is 24.3 Å². The Bertz CT molecular complexity index is 593. The number of hydrogen-bond donors (Lipinski definition) is 1. The Morgan fingerprint density at radius 3 is 3.05 bits per heavy atom. The summed E-state index contributed by atoms with van der Waals surface area (Å²) in [6, 6.07) is 7.50. The van der Waals surface area contributed by atoms with Crippen LogP contribution in [0, 0.1) is 0 Å². The second-order valence-corrected chi connectivity index (χ2v) is 4.24. The van der Waals surface area contributed by atoms with Gasteiger partial charge in [0.2, 0.25) is 5.91 Å². The third-order valence-electron chi connectivity index (χ3n) is 2.74. The van der Waals surface area contributed by atoms with Crippen LogP contribution in [-0.2, 0) is 11.3 Å². The fourth-order valence-electron chi connectivity index (χ4n) is 1.65. The molecule has 0 unspecified atom stereocenters. The molecule has 6 nitrogen and oxygen atoms in total. The zero-order valence-electron chi connectivity index (χ0n) is 11.4. The SMILES string of the molecule is COc1cccc(C=CC(=O)N(C)Cc2ncn[nH]2)c1. The van der Waals surface area contributed by atoms with Gasteiger partial charge in [0.25, 0.3) is 0 Å². The second kappa shape index (κ2) is 6.51. The van der Waals surface area contributed by atoms with Crippen LogP contribution in [0.15, 0.2) is 36.7 Å². The fraction of sp³-hybridized carbons (Fsp3) is 0.214. The van der Waals surface area contributed by atoms with E-state index in [-0.39, 0.29) is 5.91 Å². The van der Waals surface area contributed by atoms with Crippen LogP contribution in [0.25, 0.3) is 6.08 Å². The van der Waals surface area contributed by atoms with Gasteiger partial charge in [-0.05, 0) is 23.8 Å².